The summed E-state index contributed by atoms with van der Waals surface area (Å²) in [4.78, 5) is 1.14. The first kappa shape index (κ1) is 14.3. The SMILES string of the molecule is COc1ccc(SCc2ccccc2/C(N)=N/O)cc1. The number of nitrogens with two attached hydrogens (primary N) is 1. The number of rotatable bonds is 5. The molecule has 0 fully saturated rings. The Morgan fingerprint density at radius 3 is 2.55 bits per heavy atom. The van der Waals surface area contributed by atoms with Crippen LogP contribution in [0.4, 0.5) is 0 Å². The highest BCUT2D eigenvalue weighted by atomic mass is 32.2. The second-order valence-corrected chi connectivity index (χ2v) is 5.16. The number of hydrogen-bond acceptors (Lipinski definition) is 4. The third-order valence-corrected chi connectivity index (χ3v) is 3.92. The lowest BCUT2D eigenvalue weighted by Gasteiger charge is -2.08. The Hall–Kier alpha value is -2.14. The minimum atomic E-state index is 0.135. The lowest BCUT2D eigenvalue weighted by atomic mass is 10.1. The molecule has 2 aromatic rings. The van der Waals surface area contributed by atoms with Gasteiger partial charge in [-0.3, -0.25) is 0 Å². The largest absolute Gasteiger partial charge is 0.497 e. The second-order valence-electron chi connectivity index (χ2n) is 4.11. The molecule has 0 radical (unpaired) electrons. The monoisotopic (exact) mass is 288 g/mol. The van der Waals surface area contributed by atoms with Crippen molar-refractivity contribution < 1.29 is 9.94 Å². The summed E-state index contributed by atoms with van der Waals surface area (Å²) in [5.74, 6) is 1.72. The Kier molecular flexibility index (Phi) is 4.90. The van der Waals surface area contributed by atoms with Crippen LogP contribution in [0.25, 0.3) is 0 Å². The maximum Gasteiger partial charge on any atom is 0.170 e. The average molecular weight is 288 g/mol. The molecule has 0 unspecified atom stereocenters. The Morgan fingerprint density at radius 2 is 1.90 bits per heavy atom. The molecule has 0 aromatic heterocycles. The van der Waals surface area contributed by atoms with Crippen LogP contribution in [-0.2, 0) is 5.75 Å². The first-order chi connectivity index (χ1) is 9.74. The summed E-state index contributed by atoms with van der Waals surface area (Å²) in [7, 11) is 1.65. The van der Waals surface area contributed by atoms with Gasteiger partial charge in [0.25, 0.3) is 0 Å². The third kappa shape index (κ3) is 3.45. The van der Waals surface area contributed by atoms with E-state index in [2.05, 4.69) is 5.16 Å². The molecule has 104 valence electrons. The van der Waals surface area contributed by atoms with Gasteiger partial charge in [0.15, 0.2) is 5.84 Å². The van der Waals surface area contributed by atoms with Gasteiger partial charge in [-0.15, -0.1) is 11.8 Å². The number of ether oxygens (including phenoxy) is 1. The van der Waals surface area contributed by atoms with Gasteiger partial charge in [-0.25, -0.2) is 0 Å². The highest BCUT2D eigenvalue weighted by Crippen LogP contribution is 2.26. The van der Waals surface area contributed by atoms with Crippen molar-refractivity contribution in [1.82, 2.24) is 0 Å². The topological polar surface area (TPSA) is 67.8 Å². The molecule has 3 N–H and O–H groups in total. The maximum atomic E-state index is 8.80. The molecule has 0 atom stereocenters. The van der Waals surface area contributed by atoms with Crippen LogP contribution in [0.2, 0.25) is 0 Å². The van der Waals surface area contributed by atoms with Crippen molar-refractivity contribution in [2.24, 2.45) is 10.9 Å². The summed E-state index contributed by atoms with van der Waals surface area (Å²) in [6.07, 6.45) is 0. The smallest absolute Gasteiger partial charge is 0.170 e. The summed E-state index contributed by atoms with van der Waals surface area (Å²) in [5.41, 5.74) is 7.47. The Morgan fingerprint density at radius 1 is 1.20 bits per heavy atom. The Bertz CT molecular complexity index is 597. The van der Waals surface area contributed by atoms with Crippen molar-refractivity contribution >= 4 is 17.6 Å². The van der Waals surface area contributed by atoms with Gasteiger partial charge < -0.3 is 15.7 Å². The van der Waals surface area contributed by atoms with Crippen LogP contribution in [0.5, 0.6) is 5.75 Å². The van der Waals surface area contributed by atoms with E-state index >= 15 is 0 Å². The van der Waals surface area contributed by atoms with Crippen LogP contribution >= 0.6 is 11.8 Å². The minimum absolute atomic E-state index is 0.135. The van der Waals surface area contributed by atoms with Gasteiger partial charge in [0.2, 0.25) is 0 Å². The number of oxime groups is 1. The van der Waals surface area contributed by atoms with Gasteiger partial charge >= 0.3 is 0 Å². The minimum Gasteiger partial charge on any atom is -0.497 e. The summed E-state index contributed by atoms with van der Waals surface area (Å²) < 4.78 is 5.13. The Labute approximate surface area is 122 Å². The van der Waals surface area contributed by atoms with E-state index in [1.165, 1.54) is 0 Å². The summed E-state index contributed by atoms with van der Waals surface area (Å²) in [6, 6.07) is 15.5. The van der Waals surface area contributed by atoms with Crippen LogP contribution < -0.4 is 10.5 Å². The molecular weight excluding hydrogens is 272 g/mol. The molecule has 4 nitrogen and oxygen atoms in total. The first-order valence-corrected chi connectivity index (χ1v) is 7.06. The molecule has 0 spiro atoms. The molecule has 2 rings (SSSR count). The predicted octanol–water partition coefficient (Wildman–Crippen LogP) is 3.08. The molecule has 0 aliphatic carbocycles. The van der Waals surface area contributed by atoms with Gasteiger partial charge in [0, 0.05) is 16.2 Å². The highest BCUT2D eigenvalue weighted by Gasteiger charge is 2.06. The van der Waals surface area contributed by atoms with Crippen molar-refractivity contribution in [3.8, 4) is 5.75 Å². The standard InChI is InChI=1S/C15H16N2O2S/c1-19-12-6-8-13(9-7-12)20-10-11-4-2-3-5-14(11)15(16)17-18/h2-9,18H,10H2,1H3,(H2,16,17). The number of methoxy groups -OCH3 is 1. The molecule has 0 aliphatic heterocycles. The third-order valence-electron chi connectivity index (χ3n) is 2.85. The van der Waals surface area contributed by atoms with Gasteiger partial charge in [0.1, 0.15) is 5.75 Å². The van der Waals surface area contributed by atoms with Crippen LogP contribution in [0.15, 0.2) is 58.6 Å². The van der Waals surface area contributed by atoms with Crippen LogP contribution in [0.3, 0.4) is 0 Å². The zero-order valence-corrected chi connectivity index (χ0v) is 11.9. The molecular formula is C15H16N2O2S. The van der Waals surface area contributed by atoms with Gasteiger partial charge in [0.05, 0.1) is 7.11 Å². The van der Waals surface area contributed by atoms with Crippen LogP contribution in [0.1, 0.15) is 11.1 Å². The summed E-state index contributed by atoms with van der Waals surface area (Å²) in [6.45, 7) is 0. The number of amidine groups is 1. The van der Waals surface area contributed by atoms with E-state index in [1.807, 2.05) is 48.5 Å². The van der Waals surface area contributed by atoms with E-state index in [1.54, 1.807) is 18.9 Å². The van der Waals surface area contributed by atoms with Crippen molar-refractivity contribution in [1.29, 1.82) is 0 Å². The second kappa shape index (κ2) is 6.86. The van der Waals surface area contributed by atoms with Crippen molar-refractivity contribution in [2.45, 2.75) is 10.6 Å². The van der Waals surface area contributed by atoms with Crippen molar-refractivity contribution in [3.05, 3.63) is 59.7 Å². The van der Waals surface area contributed by atoms with E-state index in [0.29, 0.717) is 0 Å². The molecule has 2 aromatic carbocycles. The fourth-order valence-electron chi connectivity index (χ4n) is 1.78. The zero-order chi connectivity index (χ0) is 14.4. The molecule has 0 amide bonds. The predicted molar refractivity (Wildman–Crippen MR) is 81.5 cm³/mol. The molecule has 0 aliphatic rings. The maximum absolute atomic E-state index is 8.80. The zero-order valence-electron chi connectivity index (χ0n) is 11.1. The van der Waals surface area contributed by atoms with Gasteiger partial charge in [-0.2, -0.15) is 0 Å². The van der Waals surface area contributed by atoms with Crippen LogP contribution in [-0.4, -0.2) is 18.2 Å². The number of thioether (sulfide) groups is 1. The number of nitrogens with zero attached hydrogens (tertiary/aromatic N) is 1. The average Bonchev–Trinajstić information content (AvgIpc) is 2.53. The van der Waals surface area contributed by atoms with E-state index in [4.69, 9.17) is 15.7 Å². The summed E-state index contributed by atoms with van der Waals surface area (Å²) >= 11 is 1.69. The molecule has 0 saturated carbocycles. The molecule has 5 heteroatoms. The summed E-state index contributed by atoms with van der Waals surface area (Å²) in [5, 5.41) is 11.9. The van der Waals surface area contributed by atoms with Gasteiger partial charge in [-0.05, 0) is 29.8 Å². The lowest BCUT2D eigenvalue weighted by Crippen LogP contribution is -2.15. The number of benzene rings is 2. The van der Waals surface area contributed by atoms with E-state index in [0.717, 1.165) is 27.5 Å². The highest BCUT2D eigenvalue weighted by molar-refractivity contribution is 7.98. The molecule has 0 heterocycles. The van der Waals surface area contributed by atoms with Crippen LogP contribution in [0, 0.1) is 0 Å². The quantitative estimate of drug-likeness (QED) is 0.292. The Balaban J connectivity index is 2.10. The molecule has 0 bridgehead atoms. The van der Waals surface area contributed by atoms with Crippen molar-refractivity contribution in [3.63, 3.8) is 0 Å². The van der Waals surface area contributed by atoms with E-state index < -0.39 is 0 Å². The van der Waals surface area contributed by atoms with E-state index in [9.17, 15) is 0 Å². The lowest BCUT2D eigenvalue weighted by molar-refractivity contribution is 0.318. The number of hydrogen-bond donors (Lipinski definition) is 2. The van der Waals surface area contributed by atoms with E-state index in [-0.39, 0.29) is 5.84 Å². The molecule has 20 heavy (non-hydrogen) atoms. The van der Waals surface area contributed by atoms with Crippen molar-refractivity contribution in [2.75, 3.05) is 7.11 Å². The fraction of sp³-hybridized carbons (Fsp3) is 0.133. The fourth-order valence-corrected chi connectivity index (χ4v) is 2.69. The molecule has 0 saturated heterocycles. The van der Waals surface area contributed by atoms with Gasteiger partial charge in [-0.1, -0.05) is 29.4 Å². The first-order valence-electron chi connectivity index (χ1n) is 6.07. The normalized spacial score (nSPS) is 11.3.